The third kappa shape index (κ3) is 3.09. The van der Waals surface area contributed by atoms with Gasteiger partial charge in [-0.05, 0) is 31.9 Å². The first kappa shape index (κ1) is 19.5. The van der Waals surface area contributed by atoms with Crippen LogP contribution in [0.25, 0.3) is 11.0 Å². The number of amides is 4. The molecule has 1 saturated carbocycles. The summed E-state index contributed by atoms with van der Waals surface area (Å²) in [6, 6.07) is 8.90. The van der Waals surface area contributed by atoms with E-state index < -0.39 is 5.54 Å². The predicted molar refractivity (Wildman–Crippen MR) is 108 cm³/mol. The van der Waals surface area contributed by atoms with Gasteiger partial charge in [0.2, 0.25) is 5.91 Å². The quantitative estimate of drug-likeness (QED) is 0.740. The second-order valence-electron chi connectivity index (χ2n) is 8.19. The van der Waals surface area contributed by atoms with E-state index >= 15 is 0 Å². The number of benzene rings is 1. The SMILES string of the molecule is CC(c1cc2ccccc2o1)N(C)C(=O)CN1C(=O)N(C)C2(CCCCC2)C1=O. The number of rotatable bonds is 4. The average molecular weight is 397 g/mol. The van der Waals surface area contributed by atoms with E-state index in [9.17, 15) is 14.4 Å². The summed E-state index contributed by atoms with van der Waals surface area (Å²) >= 11 is 0. The minimum absolute atomic E-state index is 0.233. The smallest absolute Gasteiger partial charge is 0.327 e. The van der Waals surface area contributed by atoms with Crippen LogP contribution in [0, 0.1) is 0 Å². The van der Waals surface area contributed by atoms with Crippen molar-refractivity contribution in [1.29, 1.82) is 0 Å². The van der Waals surface area contributed by atoms with Crippen LogP contribution in [0.3, 0.4) is 0 Å². The van der Waals surface area contributed by atoms with Crippen molar-refractivity contribution >= 4 is 28.8 Å². The Bertz CT molecular complexity index is 927. The lowest BCUT2D eigenvalue weighted by molar-refractivity contribution is -0.140. The fourth-order valence-electron chi connectivity index (χ4n) is 4.53. The number of furan rings is 1. The van der Waals surface area contributed by atoms with Crippen LogP contribution in [-0.2, 0) is 9.59 Å². The van der Waals surface area contributed by atoms with Gasteiger partial charge in [-0.25, -0.2) is 4.79 Å². The maximum atomic E-state index is 13.1. The van der Waals surface area contributed by atoms with Gasteiger partial charge in [0.15, 0.2) is 0 Å². The Hall–Kier alpha value is -2.83. The molecule has 1 unspecified atom stereocenters. The number of urea groups is 1. The van der Waals surface area contributed by atoms with E-state index in [4.69, 9.17) is 4.42 Å². The van der Waals surface area contributed by atoms with Crippen molar-refractivity contribution in [1.82, 2.24) is 14.7 Å². The van der Waals surface area contributed by atoms with Gasteiger partial charge in [0.1, 0.15) is 23.4 Å². The molecular weight excluding hydrogens is 370 g/mol. The van der Waals surface area contributed by atoms with E-state index in [1.54, 1.807) is 19.0 Å². The number of imide groups is 1. The molecule has 154 valence electrons. The molecule has 7 heteroatoms. The van der Waals surface area contributed by atoms with Gasteiger partial charge in [0.25, 0.3) is 5.91 Å². The van der Waals surface area contributed by atoms with Crippen molar-refractivity contribution in [3.63, 3.8) is 0 Å². The molecule has 2 heterocycles. The lowest BCUT2D eigenvalue weighted by Crippen LogP contribution is -2.49. The van der Waals surface area contributed by atoms with Gasteiger partial charge in [-0.3, -0.25) is 14.5 Å². The monoisotopic (exact) mass is 397 g/mol. The molecule has 7 nitrogen and oxygen atoms in total. The molecule has 0 N–H and O–H groups in total. The van der Waals surface area contributed by atoms with Crippen molar-refractivity contribution in [2.24, 2.45) is 0 Å². The molecule has 4 amide bonds. The highest BCUT2D eigenvalue weighted by Crippen LogP contribution is 2.39. The largest absolute Gasteiger partial charge is 0.459 e. The van der Waals surface area contributed by atoms with Gasteiger partial charge >= 0.3 is 6.03 Å². The molecule has 2 aromatic rings. The zero-order valence-electron chi connectivity index (χ0n) is 17.2. The maximum Gasteiger partial charge on any atom is 0.327 e. The molecule has 0 radical (unpaired) electrons. The summed E-state index contributed by atoms with van der Waals surface area (Å²) in [7, 11) is 3.35. The second-order valence-corrected chi connectivity index (χ2v) is 8.19. The van der Waals surface area contributed by atoms with Crippen LogP contribution in [0.1, 0.15) is 50.8 Å². The molecule has 1 saturated heterocycles. The molecule has 1 spiro atoms. The number of likely N-dealkylation sites (N-methyl/N-ethyl adjacent to an activating group) is 2. The highest BCUT2D eigenvalue weighted by Gasteiger charge is 2.56. The Morgan fingerprint density at radius 1 is 1.21 bits per heavy atom. The molecule has 1 aromatic carbocycles. The van der Waals surface area contributed by atoms with Gasteiger partial charge in [-0.15, -0.1) is 0 Å². The lowest BCUT2D eigenvalue weighted by Gasteiger charge is -2.35. The third-order valence-electron chi connectivity index (χ3n) is 6.61. The molecule has 1 atom stereocenters. The van der Waals surface area contributed by atoms with Gasteiger partial charge in [0, 0.05) is 19.5 Å². The fourth-order valence-corrected chi connectivity index (χ4v) is 4.53. The number of fused-ring (bicyclic) bond motifs is 1. The van der Waals surface area contributed by atoms with Crippen LogP contribution in [-0.4, -0.2) is 58.7 Å². The summed E-state index contributed by atoms with van der Waals surface area (Å²) in [6.07, 6.45) is 4.27. The Morgan fingerprint density at radius 2 is 1.90 bits per heavy atom. The molecule has 4 rings (SSSR count). The van der Waals surface area contributed by atoms with Crippen LogP contribution < -0.4 is 0 Å². The summed E-state index contributed by atoms with van der Waals surface area (Å²) in [5, 5.41) is 0.973. The summed E-state index contributed by atoms with van der Waals surface area (Å²) in [5.74, 6) is 0.144. The molecular formula is C22H27N3O4. The predicted octanol–water partition coefficient (Wildman–Crippen LogP) is 3.55. The standard InChI is InChI=1S/C22H27N3O4/c1-15(18-13-16-9-5-6-10-17(16)29-18)23(2)19(26)14-25-20(27)22(24(3)21(25)28)11-7-4-8-12-22/h5-6,9-10,13,15H,4,7-8,11-12,14H2,1-3H3. The molecule has 1 aliphatic carbocycles. The van der Waals surface area contributed by atoms with Gasteiger partial charge in [-0.2, -0.15) is 0 Å². The maximum absolute atomic E-state index is 13.1. The van der Waals surface area contributed by atoms with Crippen LogP contribution in [0.2, 0.25) is 0 Å². The second kappa shape index (κ2) is 7.21. The molecule has 1 aliphatic heterocycles. The number of nitrogens with zero attached hydrogens (tertiary/aromatic N) is 3. The summed E-state index contributed by atoms with van der Waals surface area (Å²) in [4.78, 5) is 43.0. The number of carbonyl (C=O) groups is 3. The highest BCUT2D eigenvalue weighted by molar-refractivity contribution is 6.09. The first-order valence-electron chi connectivity index (χ1n) is 10.2. The van der Waals surface area contributed by atoms with Gasteiger partial charge in [0.05, 0.1) is 6.04 Å². The minimum Gasteiger partial charge on any atom is -0.459 e. The summed E-state index contributed by atoms with van der Waals surface area (Å²) in [5.41, 5.74) is -0.000561. The Balaban J connectivity index is 1.49. The third-order valence-corrected chi connectivity index (χ3v) is 6.61. The zero-order valence-corrected chi connectivity index (χ0v) is 17.2. The average Bonchev–Trinajstić information content (AvgIpc) is 3.24. The number of hydrogen-bond donors (Lipinski definition) is 0. The van der Waals surface area contributed by atoms with Crippen LogP contribution >= 0.6 is 0 Å². The molecule has 1 aromatic heterocycles. The number of carbonyl (C=O) groups excluding carboxylic acids is 3. The van der Waals surface area contributed by atoms with Gasteiger partial charge in [-0.1, -0.05) is 37.5 Å². The first-order chi connectivity index (χ1) is 13.8. The number of hydrogen-bond acceptors (Lipinski definition) is 4. The molecule has 2 fully saturated rings. The van der Waals surface area contributed by atoms with Crippen molar-refractivity contribution in [2.45, 2.75) is 50.6 Å². The Morgan fingerprint density at radius 3 is 2.59 bits per heavy atom. The topological polar surface area (TPSA) is 74.1 Å². The van der Waals surface area contributed by atoms with Crippen LogP contribution in [0.5, 0.6) is 0 Å². The highest BCUT2D eigenvalue weighted by atomic mass is 16.3. The molecule has 29 heavy (non-hydrogen) atoms. The summed E-state index contributed by atoms with van der Waals surface area (Å²) in [6.45, 7) is 1.63. The van der Waals surface area contributed by atoms with E-state index in [1.807, 2.05) is 37.3 Å². The Labute approximate surface area is 170 Å². The molecule has 0 bridgehead atoms. The number of para-hydroxylation sites is 1. The summed E-state index contributed by atoms with van der Waals surface area (Å²) < 4.78 is 5.87. The Kier molecular flexibility index (Phi) is 4.84. The first-order valence-corrected chi connectivity index (χ1v) is 10.2. The van der Waals surface area contributed by atoms with Crippen molar-refractivity contribution in [3.8, 4) is 0 Å². The van der Waals surface area contributed by atoms with E-state index in [1.165, 1.54) is 4.90 Å². The van der Waals surface area contributed by atoms with Crippen molar-refractivity contribution < 1.29 is 18.8 Å². The van der Waals surface area contributed by atoms with E-state index in [0.29, 0.717) is 18.6 Å². The molecule has 2 aliphatic rings. The van der Waals surface area contributed by atoms with Gasteiger partial charge < -0.3 is 14.2 Å². The lowest BCUT2D eigenvalue weighted by atomic mass is 9.81. The minimum atomic E-state index is -0.765. The van der Waals surface area contributed by atoms with E-state index in [2.05, 4.69) is 0 Å². The fraction of sp³-hybridized carbons (Fsp3) is 0.500. The van der Waals surface area contributed by atoms with E-state index in [-0.39, 0.29) is 30.4 Å². The van der Waals surface area contributed by atoms with E-state index in [0.717, 1.165) is 35.1 Å². The van der Waals surface area contributed by atoms with Crippen LogP contribution in [0.15, 0.2) is 34.7 Å². The van der Waals surface area contributed by atoms with Crippen LogP contribution in [0.4, 0.5) is 4.79 Å². The van der Waals surface area contributed by atoms with Crippen molar-refractivity contribution in [2.75, 3.05) is 20.6 Å². The van der Waals surface area contributed by atoms with Crippen molar-refractivity contribution in [3.05, 3.63) is 36.1 Å². The normalized spacial score (nSPS) is 20.0. The zero-order chi connectivity index (χ0) is 20.8.